The molecule has 0 aliphatic carbocycles. The maximum atomic E-state index is 12.2. The molecule has 4 nitrogen and oxygen atoms in total. The largest absolute Gasteiger partial charge is 0.453 e. The van der Waals surface area contributed by atoms with E-state index in [1.165, 1.54) is 0 Å². The molecule has 0 bridgehead atoms. The molecule has 0 aliphatic heterocycles. The fourth-order valence-corrected chi connectivity index (χ4v) is 0.816. The summed E-state index contributed by atoms with van der Waals surface area (Å²) in [5.74, 6) is -1.07. The lowest BCUT2D eigenvalue weighted by molar-refractivity contribution is -0.149. The van der Waals surface area contributed by atoms with Crippen molar-refractivity contribution in [2.24, 2.45) is 0 Å². The van der Waals surface area contributed by atoms with Crippen molar-refractivity contribution in [1.29, 1.82) is 0 Å². The molecule has 0 amide bonds. The average molecular weight is 194 g/mol. The molecule has 0 aromatic carbocycles. The van der Waals surface area contributed by atoms with Gasteiger partial charge in [0, 0.05) is 0 Å². The van der Waals surface area contributed by atoms with E-state index in [-0.39, 0.29) is 0 Å². The van der Waals surface area contributed by atoms with Gasteiger partial charge in [0.25, 0.3) is 5.82 Å². The van der Waals surface area contributed by atoms with E-state index in [2.05, 4.69) is 15.5 Å². The van der Waals surface area contributed by atoms with Crippen molar-refractivity contribution in [3.8, 4) is 0 Å². The molecule has 13 heavy (non-hydrogen) atoms. The van der Waals surface area contributed by atoms with Gasteiger partial charge in [-0.1, -0.05) is 0 Å². The molecule has 0 radical (unpaired) electrons. The van der Waals surface area contributed by atoms with Gasteiger partial charge in [0.2, 0.25) is 0 Å². The highest BCUT2D eigenvalue weighted by atomic mass is 19.4. The molecule has 0 unspecified atom stereocenters. The van der Waals surface area contributed by atoms with Gasteiger partial charge in [0.05, 0.1) is 5.54 Å². The monoisotopic (exact) mass is 194 g/mol. The second-order valence-electron chi connectivity index (χ2n) is 3.58. The lowest BCUT2D eigenvalue weighted by Gasteiger charge is -2.20. The molecule has 0 saturated heterocycles. The number of hydrogen-bond donors (Lipinski definition) is 0. The quantitative estimate of drug-likeness (QED) is 0.627. The van der Waals surface area contributed by atoms with Crippen LogP contribution >= 0.6 is 0 Å². The fourth-order valence-electron chi connectivity index (χ4n) is 0.816. The van der Waals surface area contributed by atoms with E-state index in [4.69, 9.17) is 0 Å². The highest BCUT2D eigenvalue weighted by Gasteiger charge is 2.40. The van der Waals surface area contributed by atoms with E-state index in [0.717, 1.165) is 4.68 Å². The zero-order valence-corrected chi connectivity index (χ0v) is 7.42. The first-order chi connectivity index (χ1) is 5.73. The molecule has 7 heteroatoms. The zero-order valence-electron chi connectivity index (χ0n) is 7.42. The highest BCUT2D eigenvalue weighted by molar-refractivity contribution is 4.91. The van der Waals surface area contributed by atoms with Gasteiger partial charge in [0.1, 0.15) is 0 Å². The molecule has 0 fully saturated rings. The van der Waals surface area contributed by atoms with Gasteiger partial charge in [-0.25, -0.2) is 4.68 Å². The molecule has 1 aromatic rings. The summed E-state index contributed by atoms with van der Waals surface area (Å²) in [6.07, 6.45) is -4.50. The van der Waals surface area contributed by atoms with Gasteiger partial charge in [-0.15, -0.1) is 5.10 Å². The van der Waals surface area contributed by atoms with Gasteiger partial charge >= 0.3 is 6.18 Å². The summed E-state index contributed by atoms with van der Waals surface area (Å²) in [6, 6.07) is 0. The number of aromatic nitrogens is 4. The van der Waals surface area contributed by atoms with Crippen molar-refractivity contribution in [2.45, 2.75) is 32.5 Å². The van der Waals surface area contributed by atoms with Crippen molar-refractivity contribution in [3.63, 3.8) is 0 Å². The van der Waals surface area contributed by atoms with E-state index in [1.54, 1.807) is 20.8 Å². The van der Waals surface area contributed by atoms with E-state index < -0.39 is 17.5 Å². The third-order valence-corrected chi connectivity index (χ3v) is 1.36. The molecular weight excluding hydrogens is 185 g/mol. The molecule has 0 aliphatic rings. The van der Waals surface area contributed by atoms with Crippen molar-refractivity contribution in [3.05, 3.63) is 5.82 Å². The molecule has 0 atom stereocenters. The summed E-state index contributed by atoms with van der Waals surface area (Å²) in [4.78, 5) is 0. The second-order valence-corrected chi connectivity index (χ2v) is 3.58. The van der Waals surface area contributed by atoms with Crippen LogP contribution in [0.2, 0.25) is 0 Å². The maximum absolute atomic E-state index is 12.2. The number of rotatable bonds is 0. The molecule has 74 valence electrons. The van der Waals surface area contributed by atoms with Gasteiger partial charge in [-0.2, -0.15) is 13.2 Å². The summed E-state index contributed by atoms with van der Waals surface area (Å²) in [7, 11) is 0. The van der Waals surface area contributed by atoms with Crippen LogP contribution in [0.3, 0.4) is 0 Å². The van der Waals surface area contributed by atoms with E-state index in [1.807, 2.05) is 0 Å². The zero-order chi connectivity index (χ0) is 10.3. The Hall–Kier alpha value is -1.14. The Bertz CT molecular complexity index is 267. The lowest BCUT2D eigenvalue weighted by atomic mass is 10.1. The van der Waals surface area contributed by atoms with Crippen LogP contribution in [0.25, 0.3) is 0 Å². The van der Waals surface area contributed by atoms with Crippen LogP contribution in [0.15, 0.2) is 0 Å². The molecule has 1 rings (SSSR count). The van der Waals surface area contributed by atoms with Crippen LogP contribution in [0.4, 0.5) is 13.2 Å². The molecule has 1 heterocycles. The number of halogens is 3. The van der Waals surface area contributed by atoms with Gasteiger partial charge < -0.3 is 0 Å². The average Bonchev–Trinajstić information content (AvgIpc) is 2.27. The van der Waals surface area contributed by atoms with E-state index >= 15 is 0 Å². The number of tetrazole rings is 1. The van der Waals surface area contributed by atoms with Crippen LogP contribution in [0, 0.1) is 0 Å². The fraction of sp³-hybridized carbons (Fsp3) is 0.833. The highest BCUT2D eigenvalue weighted by Crippen LogP contribution is 2.29. The lowest BCUT2D eigenvalue weighted by Crippen LogP contribution is -2.29. The Morgan fingerprint density at radius 1 is 1.15 bits per heavy atom. The first-order valence-corrected chi connectivity index (χ1v) is 3.59. The second kappa shape index (κ2) is 2.68. The summed E-state index contributed by atoms with van der Waals surface area (Å²) in [5.41, 5.74) is -0.769. The maximum Gasteiger partial charge on any atom is 0.453 e. The van der Waals surface area contributed by atoms with Crippen LogP contribution in [-0.2, 0) is 11.7 Å². The first kappa shape index (κ1) is 9.94. The molecule has 0 N–H and O–H groups in total. The number of nitrogens with zero attached hydrogens (tertiary/aromatic N) is 4. The SMILES string of the molecule is CC(C)(C)n1nnnc1C(F)(F)F. The van der Waals surface area contributed by atoms with Gasteiger partial charge in [-0.05, 0) is 31.2 Å². The summed E-state index contributed by atoms with van der Waals surface area (Å²) in [5, 5.41) is 9.22. The minimum atomic E-state index is -4.50. The molecular formula is C6H9F3N4. The molecule has 0 spiro atoms. The minimum absolute atomic E-state index is 0.757. The van der Waals surface area contributed by atoms with Crippen LogP contribution < -0.4 is 0 Å². The van der Waals surface area contributed by atoms with E-state index in [0.29, 0.717) is 0 Å². The predicted molar refractivity (Wildman–Crippen MR) is 37.8 cm³/mol. The van der Waals surface area contributed by atoms with Crippen LogP contribution in [0.5, 0.6) is 0 Å². The smallest absolute Gasteiger partial charge is 0.216 e. The molecule has 0 saturated carbocycles. The third kappa shape index (κ3) is 1.96. The first-order valence-electron chi connectivity index (χ1n) is 3.59. The topological polar surface area (TPSA) is 43.6 Å². The third-order valence-electron chi connectivity index (χ3n) is 1.36. The minimum Gasteiger partial charge on any atom is -0.216 e. The number of alkyl halides is 3. The normalized spacial score (nSPS) is 13.4. The Morgan fingerprint density at radius 2 is 1.69 bits per heavy atom. The molecule has 1 aromatic heterocycles. The van der Waals surface area contributed by atoms with Crippen molar-refractivity contribution >= 4 is 0 Å². The Labute approximate surface area is 72.7 Å². The van der Waals surface area contributed by atoms with Gasteiger partial charge in [-0.3, -0.25) is 0 Å². The summed E-state index contributed by atoms with van der Waals surface area (Å²) >= 11 is 0. The van der Waals surface area contributed by atoms with Crippen molar-refractivity contribution in [2.75, 3.05) is 0 Å². The Balaban J connectivity index is 3.19. The van der Waals surface area contributed by atoms with Crippen LogP contribution in [0.1, 0.15) is 26.6 Å². The summed E-state index contributed by atoms with van der Waals surface area (Å²) < 4.78 is 37.5. The van der Waals surface area contributed by atoms with Crippen LogP contribution in [-0.4, -0.2) is 20.2 Å². The Morgan fingerprint density at radius 3 is 2.00 bits per heavy atom. The van der Waals surface area contributed by atoms with Crippen molar-refractivity contribution < 1.29 is 13.2 Å². The summed E-state index contributed by atoms with van der Waals surface area (Å²) in [6.45, 7) is 4.79. The Kier molecular flexibility index (Phi) is 2.05. The standard InChI is InChI=1S/C6H9F3N4/c1-5(2,3)13-4(6(7,8)9)10-11-12-13/h1-3H3. The number of hydrogen-bond acceptors (Lipinski definition) is 3. The van der Waals surface area contributed by atoms with E-state index in [9.17, 15) is 13.2 Å². The van der Waals surface area contributed by atoms with Gasteiger partial charge in [0.15, 0.2) is 0 Å². The predicted octanol–water partition coefficient (Wildman–Crippen LogP) is 1.45. The van der Waals surface area contributed by atoms with Crippen molar-refractivity contribution in [1.82, 2.24) is 20.2 Å².